The molecular weight excluding hydrogens is 243 g/mol. The molecule has 18 heavy (non-hydrogen) atoms. The second-order valence-electron chi connectivity index (χ2n) is 4.53. The first kappa shape index (κ1) is 17.4. The maximum atomic E-state index is 11.9. The van der Waals surface area contributed by atoms with Crippen LogP contribution in [0.2, 0.25) is 0 Å². The van der Waals surface area contributed by atoms with E-state index in [-0.39, 0.29) is 35.5 Å². The summed E-state index contributed by atoms with van der Waals surface area (Å²) in [5, 5.41) is 14.0. The predicted molar refractivity (Wildman–Crippen MR) is 62.3 cm³/mol. The molecule has 0 radical (unpaired) electrons. The van der Waals surface area contributed by atoms with Crippen LogP contribution in [0.15, 0.2) is 16.6 Å². The van der Waals surface area contributed by atoms with E-state index in [0.29, 0.717) is 6.42 Å². The van der Waals surface area contributed by atoms with Crippen molar-refractivity contribution in [3.8, 4) is 0 Å². The molecule has 94 valence electrons. The molecule has 0 saturated carbocycles. The molecule has 3 amide bonds. The van der Waals surface area contributed by atoms with Crippen LogP contribution in [-0.2, 0) is 4.79 Å². The van der Waals surface area contributed by atoms with Crippen molar-refractivity contribution in [3.63, 3.8) is 0 Å². The molecule has 0 spiro atoms. The Kier molecular flexibility index (Phi) is 6.26. The number of hydrogen-bond acceptors (Lipinski definition) is 3. The van der Waals surface area contributed by atoms with Crippen LogP contribution in [-0.4, -0.2) is 17.8 Å². The van der Waals surface area contributed by atoms with E-state index in [1.807, 2.05) is 19.9 Å². The number of amides is 3. The monoisotopic (exact) mass is 260 g/mol. The summed E-state index contributed by atoms with van der Waals surface area (Å²) in [6.07, 6.45) is 2.17. The standard InChI is InChI=1S/C12H18N2O3.Na/c1-5-12(8(4)6-7(2)3)9(15)13-11(17)14-10(12)16;/h6,8H,5H2,1-4H3,(H2,13,14,15,16,17);/q;+1/p-1. The zero-order valence-electron chi connectivity index (χ0n) is 11.5. The largest absolute Gasteiger partial charge is 1.00 e. The molecule has 6 heteroatoms. The Morgan fingerprint density at radius 2 is 2.06 bits per heavy atom. The fourth-order valence-corrected chi connectivity index (χ4v) is 2.20. The van der Waals surface area contributed by atoms with Gasteiger partial charge in [-0.3, -0.25) is 10.1 Å². The van der Waals surface area contributed by atoms with Gasteiger partial charge in [0.25, 0.3) is 0 Å². The maximum absolute atomic E-state index is 11.9. The number of carbonyl (C=O) groups excluding carboxylic acids is 2. The van der Waals surface area contributed by atoms with Crippen LogP contribution < -0.4 is 40.0 Å². The Bertz CT molecular complexity index is 414. The van der Waals surface area contributed by atoms with Crippen LogP contribution in [0, 0.1) is 11.3 Å². The number of rotatable bonds is 3. The van der Waals surface area contributed by atoms with E-state index in [0.717, 1.165) is 5.57 Å². The molecule has 0 bridgehead atoms. The van der Waals surface area contributed by atoms with E-state index in [2.05, 4.69) is 10.3 Å². The average Bonchev–Trinajstić information content (AvgIpc) is 2.16. The Morgan fingerprint density at radius 1 is 1.50 bits per heavy atom. The summed E-state index contributed by atoms with van der Waals surface area (Å²) in [4.78, 5) is 26.3. The third-order valence-electron chi connectivity index (χ3n) is 3.13. The van der Waals surface area contributed by atoms with E-state index in [1.54, 1.807) is 13.8 Å². The van der Waals surface area contributed by atoms with Gasteiger partial charge in [0.1, 0.15) is 0 Å². The SMILES string of the molecule is CCC1(C(C)C=C(C)C)C(=O)NC(=O)N=C1[O-].[Na+]. The van der Waals surface area contributed by atoms with Crippen LogP contribution >= 0.6 is 0 Å². The molecule has 2 unspecified atom stereocenters. The van der Waals surface area contributed by atoms with Crippen molar-refractivity contribution in [2.45, 2.75) is 34.1 Å². The van der Waals surface area contributed by atoms with Crippen molar-refractivity contribution in [1.29, 1.82) is 0 Å². The van der Waals surface area contributed by atoms with Crippen LogP contribution in [0.5, 0.6) is 0 Å². The van der Waals surface area contributed by atoms with Crippen molar-refractivity contribution >= 4 is 17.8 Å². The third kappa shape index (κ3) is 3.02. The predicted octanol–water partition coefficient (Wildman–Crippen LogP) is -2.00. The van der Waals surface area contributed by atoms with E-state index in [4.69, 9.17) is 0 Å². The van der Waals surface area contributed by atoms with Gasteiger partial charge >= 0.3 is 35.6 Å². The topological polar surface area (TPSA) is 81.6 Å². The fraction of sp³-hybridized carbons (Fsp3) is 0.583. The smallest absolute Gasteiger partial charge is 0.861 e. The van der Waals surface area contributed by atoms with Crippen molar-refractivity contribution in [2.24, 2.45) is 16.3 Å². The summed E-state index contributed by atoms with van der Waals surface area (Å²) in [6, 6.07) is -0.867. The molecule has 0 saturated heterocycles. The summed E-state index contributed by atoms with van der Waals surface area (Å²) in [5.74, 6) is -1.48. The number of imide groups is 1. The molecule has 0 aliphatic carbocycles. The molecule has 1 aliphatic heterocycles. The number of hydrogen-bond donors (Lipinski definition) is 1. The molecule has 0 aromatic heterocycles. The average molecular weight is 260 g/mol. The minimum Gasteiger partial charge on any atom is -0.861 e. The number of nitrogens with zero attached hydrogens (tertiary/aromatic N) is 1. The molecule has 1 aliphatic rings. The van der Waals surface area contributed by atoms with Gasteiger partial charge in [0, 0.05) is 0 Å². The zero-order chi connectivity index (χ0) is 13.2. The van der Waals surface area contributed by atoms with Crippen LogP contribution in [0.4, 0.5) is 4.79 Å². The van der Waals surface area contributed by atoms with Crippen molar-refractivity contribution in [1.82, 2.24) is 5.32 Å². The molecule has 0 aromatic rings. The van der Waals surface area contributed by atoms with Crippen molar-refractivity contribution < 1.29 is 44.3 Å². The second kappa shape index (κ2) is 6.50. The first-order valence-corrected chi connectivity index (χ1v) is 5.61. The fourth-order valence-electron chi connectivity index (χ4n) is 2.20. The van der Waals surface area contributed by atoms with Crippen LogP contribution in [0.25, 0.3) is 0 Å². The molecule has 0 aromatic carbocycles. The van der Waals surface area contributed by atoms with E-state index in [1.165, 1.54) is 0 Å². The summed E-state index contributed by atoms with van der Waals surface area (Å²) < 4.78 is 0. The quantitative estimate of drug-likeness (QED) is 0.470. The normalized spacial score (nSPS) is 24.6. The third-order valence-corrected chi connectivity index (χ3v) is 3.13. The second-order valence-corrected chi connectivity index (χ2v) is 4.53. The van der Waals surface area contributed by atoms with Crippen molar-refractivity contribution in [2.75, 3.05) is 0 Å². The van der Waals surface area contributed by atoms with Gasteiger partial charge < -0.3 is 5.11 Å². The summed E-state index contributed by atoms with van der Waals surface area (Å²) in [6.45, 7) is 7.33. The van der Waals surface area contributed by atoms with E-state index >= 15 is 0 Å². The minimum absolute atomic E-state index is 0. The first-order chi connectivity index (χ1) is 7.84. The number of aliphatic imine (C=N–C) groups is 1. The first-order valence-electron chi connectivity index (χ1n) is 5.61. The molecule has 2 atom stereocenters. The van der Waals surface area contributed by atoms with Gasteiger partial charge in [0.2, 0.25) is 5.91 Å². The number of carbonyl (C=O) groups is 2. The van der Waals surface area contributed by atoms with Gasteiger partial charge in [0.15, 0.2) is 0 Å². The Labute approximate surface area is 129 Å². The molecule has 5 nitrogen and oxygen atoms in total. The number of urea groups is 1. The zero-order valence-corrected chi connectivity index (χ0v) is 13.5. The molecule has 1 heterocycles. The molecule has 1 rings (SSSR count). The molecule has 0 fully saturated rings. The minimum atomic E-state index is -1.24. The van der Waals surface area contributed by atoms with Gasteiger partial charge in [-0.1, -0.05) is 25.5 Å². The van der Waals surface area contributed by atoms with Gasteiger partial charge in [-0.25, -0.2) is 9.79 Å². The summed E-state index contributed by atoms with van der Waals surface area (Å²) >= 11 is 0. The summed E-state index contributed by atoms with van der Waals surface area (Å²) in [7, 11) is 0. The van der Waals surface area contributed by atoms with Crippen LogP contribution in [0.3, 0.4) is 0 Å². The van der Waals surface area contributed by atoms with Gasteiger partial charge in [0.05, 0.1) is 5.41 Å². The van der Waals surface area contributed by atoms with Crippen LogP contribution in [0.1, 0.15) is 34.1 Å². The molecular formula is C12H17N2NaO3. The van der Waals surface area contributed by atoms with Gasteiger partial charge in [-0.2, -0.15) is 0 Å². The Morgan fingerprint density at radius 3 is 2.44 bits per heavy atom. The Hall–Kier alpha value is -0.650. The van der Waals surface area contributed by atoms with Gasteiger partial charge in [-0.05, 0) is 32.1 Å². The van der Waals surface area contributed by atoms with E-state index in [9.17, 15) is 14.7 Å². The van der Waals surface area contributed by atoms with Crippen molar-refractivity contribution in [3.05, 3.63) is 11.6 Å². The Balaban J connectivity index is 0.00000289. The summed E-state index contributed by atoms with van der Waals surface area (Å²) in [5.41, 5.74) is -0.228. The number of nitrogens with one attached hydrogen (secondary N) is 1. The van der Waals surface area contributed by atoms with E-state index < -0.39 is 23.3 Å². The maximum Gasteiger partial charge on any atom is 1.00 e. The number of allylic oxidation sites excluding steroid dienone is 2. The molecule has 1 N–H and O–H groups in total. The van der Waals surface area contributed by atoms with Gasteiger partial charge in [-0.15, -0.1) is 0 Å².